The second-order valence-electron chi connectivity index (χ2n) is 2.63. The van der Waals surface area contributed by atoms with Crippen molar-refractivity contribution in [1.29, 1.82) is 0 Å². The summed E-state index contributed by atoms with van der Waals surface area (Å²) in [7, 11) is 0. The van der Waals surface area contributed by atoms with Crippen LogP contribution in [-0.2, 0) is 0 Å². The van der Waals surface area contributed by atoms with Crippen molar-refractivity contribution in [3.63, 3.8) is 0 Å². The van der Waals surface area contributed by atoms with Crippen LogP contribution in [0.1, 0.15) is 11.1 Å². The van der Waals surface area contributed by atoms with Crippen LogP contribution >= 0.6 is 0 Å². The van der Waals surface area contributed by atoms with Gasteiger partial charge in [-0.3, -0.25) is 0 Å². The number of aliphatic hydroxyl groups excluding tert-OH is 1. The molecule has 0 spiro atoms. The minimum Gasteiger partial charge on any atom is -0.377 e. The van der Waals surface area contributed by atoms with Gasteiger partial charge in [0.2, 0.25) is 0 Å². The average molecular weight is 151 g/mol. The van der Waals surface area contributed by atoms with Crippen molar-refractivity contribution in [3.05, 3.63) is 29.3 Å². The molecule has 11 heavy (non-hydrogen) atoms. The van der Waals surface area contributed by atoms with Gasteiger partial charge in [0.1, 0.15) is 6.73 Å². The van der Waals surface area contributed by atoms with Gasteiger partial charge in [-0.05, 0) is 37.1 Å². The molecule has 0 aliphatic carbocycles. The largest absolute Gasteiger partial charge is 0.377 e. The lowest BCUT2D eigenvalue weighted by Gasteiger charge is -2.04. The first kappa shape index (κ1) is 8.08. The van der Waals surface area contributed by atoms with Gasteiger partial charge in [0, 0.05) is 5.69 Å². The first-order valence-corrected chi connectivity index (χ1v) is 3.66. The van der Waals surface area contributed by atoms with Crippen molar-refractivity contribution in [2.45, 2.75) is 13.8 Å². The number of aryl methyl sites for hydroxylation is 2. The molecule has 0 saturated heterocycles. The van der Waals surface area contributed by atoms with Crippen molar-refractivity contribution in [2.75, 3.05) is 12.0 Å². The molecular formula is C9H13NO. The van der Waals surface area contributed by atoms with Crippen LogP contribution in [0.3, 0.4) is 0 Å². The number of aliphatic hydroxyl groups is 1. The summed E-state index contributed by atoms with van der Waals surface area (Å²) in [6.45, 7) is 4.11. The van der Waals surface area contributed by atoms with Gasteiger partial charge in [-0.25, -0.2) is 0 Å². The highest BCUT2D eigenvalue weighted by Gasteiger charge is 1.93. The minimum absolute atomic E-state index is 0.0114. The molecular weight excluding hydrogens is 138 g/mol. The smallest absolute Gasteiger partial charge is 0.113 e. The number of anilines is 1. The third-order valence-corrected chi connectivity index (χ3v) is 1.79. The molecule has 0 heterocycles. The normalized spacial score (nSPS) is 9.73. The maximum absolute atomic E-state index is 8.57. The number of nitrogens with one attached hydrogen (secondary N) is 1. The second-order valence-corrected chi connectivity index (χ2v) is 2.63. The van der Waals surface area contributed by atoms with E-state index in [1.165, 1.54) is 11.1 Å². The molecule has 0 saturated carbocycles. The van der Waals surface area contributed by atoms with Gasteiger partial charge in [-0.2, -0.15) is 0 Å². The molecule has 60 valence electrons. The molecule has 1 aromatic carbocycles. The van der Waals surface area contributed by atoms with Crippen LogP contribution in [-0.4, -0.2) is 11.8 Å². The van der Waals surface area contributed by atoms with E-state index in [9.17, 15) is 0 Å². The first-order chi connectivity index (χ1) is 5.24. The molecule has 0 unspecified atom stereocenters. The summed E-state index contributed by atoms with van der Waals surface area (Å²) in [5.41, 5.74) is 3.48. The van der Waals surface area contributed by atoms with Crippen LogP contribution in [0.15, 0.2) is 18.2 Å². The molecule has 2 heteroatoms. The first-order valence-electron chi connectivity index (χ1n) is 3.66. The molecule has 1 rings (SSSR count). The molecule has 1 aromatic rings. The summed E-state index contributed by atoms with van der Waals surface area (Å²) < 4.78 is 0. The Morgan fingerprint density at radius 1 is 1.27 bits per heavy atom. The van der Waals surface area contributed by atoms with E-state index in [2.05, 4.69) is 19.2 Å². The lowest BCUT2D eigenvalue weighted by atomic mass is 10.1. The molecule has 0 atom stereocenters. The Bertz CT molecular complexity index is 245. The standard InChI is InChI=1S/C9H13NO/c1-7-3-4-9(10-6-11)5-8(7)2/h3-5,10-11H,6H2,1-2H3. The van der Waals surface area contributed by atoms with E-state index in [-0.39, 0.29) is 6.73 Å². The van der Waals surface area contributed by atoms with Crippen LogP contribution in [0.25, 0.3) is 0 Å². The van der Waals surface area contributed by atoms with E-state index in [0.717, 1.165) is 5.69 Å². The highest BCUT2D eigenvalue weighted by Crippen LogP contribution is 2.13. The Morgan fingerprint density at radius 2 is 2.00 bits per heavy atom. The molecule has 0 amide bonds. The van der Waals surface area contributed by atoms with Crippen LogP contribution in [0, 0.1) is 13.8 Å². The van der Waals surface area contributed by atoms with E-state index in [1.54, 1.807) is 0 Å². The summed E-state index contributed by atoms with van der Waals surface area (Å²) in [4.78, 5) is 0. The van der Waals surface area contributed by atoms with Crippen molar-refractivity contribution in [2.24, 2.45) is 0 Å². The zero-order chi connectivity index (χ0) is 8.27. The average Bonchev–Trinajstić information content (AvgIpc) is 1.98. The zero-order valence-electron chi connectivity index (χ0n) is 6.89. The molecule has 0 radical (unpaired) electrons. The van der Waals surface area contributed by atoms with Crippen LogP contribution in [0.5, 0.6) is 0 Å². The topological polar surface area (TPSA) is 32.3 Å². The Labute approximate surface area is 66.9 Å². The van der Waals surface area contributed by atoms with Crippen molar-refractivity contribution in [1.82, 2.24) is 0 Å². The lowest BCUT2D eigenvalue weighted by Crippen LogP contribution is -1.99. The van der Waals surface area contributed by atoms with Gasteiger partial charge < -0.3 is 10.4 Å². The summed E-state index contributed by atoms with van der Waals surface area (Å²) in [5, 5.41) is 11.4. The van der Waals surface area contributed by atoms with Gasteiger partial charge in [0.25, 0.3) is 0 Å². The molecule has 0 aliphatic rings. The lowest BCUT2D eigenvalue weighted by molar-refractivity contribution is 0.325. The molecule has 0 bridgehead atoms. The highest BCUT2D eigenvalue weighted by molar-refractivity contribution is 5.47. The fraction of sp³-hybridized carbons (Fsp3) is 0.333. The maximum Gasteiger partial charge on any atom is 0.113 e. The SMILES string of the molecule is Cc1ccc(NCO)cc1C. The Kier molecular flexibility index (Phi) is 2.49. The van der Waals surface area contributed by atoms with E-state index in [1.807, 2.05) is 18.2 Å². The molecule has 0 aliphatic heterocycles. The van der Waals surface area contributed by atoms with Crippen LogP contribution < -0.4 is 5.32 Å². The van der Waals surface area contributed by atoms with Gasteiger partial charge in [-0.15, -0.1) is 0 Å². The minimum atomic E-state index is -0.0114. The summed E-state index contributed by atoms with van der Waals surface area (Å²) >= 11 is 0. The zero-order valence-corrected chi connectivity index (χ0v) is 6.89. The van der Waals surface area contributed by atoms with E-state index in [0.29, 0.717) is 0 Å². The summed E-state index contributed by atoms with van der Waals surface area (Å²) in [6, 6.07) is 6.01. The van der Waals surface area contributed by atoms with E-state index in [4.69, 9.17) is 5.11 Å². The van der Waals surface area contributed by atoms with Gasteiger partial charge in [0.05, 0.1) is 0 Å². The third-order valence-electron chi connectivity index (χ3n) is 1.79. The Hall–Kier alpha value is -1.02. The van der Waals surface area contributed by atoms with Crippen molar-refractivity contribution >= 4 is 5.69 Å². The molecule has 0 fully saturated rings. The number of hydrogen-bond donors (Lipinski definition) is 2. The van der Waals surface area contributed by atoms with Crippen LogP contribution in [0.2, 0.25) is 0 Å². The quantitative estimate of drug-likeness (QED) is 0.630. The van der Waals surface area contributed by atoms with E-state index < -0.39 is 0 Å². The highest BCUT2D eigenvalue weighted by atomic mass is 16.3. The van der Waals surface area contributed by atoms with Crippen molar-refractivity contribution in [3.8, 4) is 0 Å². The van der Waals surface area contributed by atoms with Gasteiger partial charge >= 0.3 is 0 Å². The molecule has 2 nitrogen and oxygen atoms in total. The fourth-order valence-electron chi connectivity index (χ4n) is 0.943. The number of hydrogen-bond acceptors (Lipinski definition) is 2. The predicted octanol–water partition coefficient (Wildman–Crippen LogP) is 1.67. The van der Waals surface area contributed by atoms with Crippen molar-refractivity contribution < 1.29 is 5.11 Å². The summed E-state index contributed by atoms with van der Waals surface area (Å²) in [5.74, 6) is 0. The van der Waals surface area contributed by atoms with Gasteiger partial charge in [0.15, 0.2) is 0 Å². The predicted molar refractivity (Wildman–Crippen MR) is 46.6 cm³/mol. The summed E-state index contributed by atoms with van der Waals surface area (Å²) in [6.07, 6.45) is 0. The number of rotatable bonds is 2. The number of benzene rings is 1. The molecule has 2 N–H and O–H groups in total. The van der Waals surface area contributed by atoms with E-state index >= 15 is 0 Å². The molecule has 0 aromatic heterocycles. The monoisotopic (exact) mass is 151 g/mol. The fourth-order valence-corrected chi connectivity index (χ4v) is 0.943. The second kappa shape index (κ2) is 3.39. The Morgan fingerprint density at radius 3 is 2.55 bits per heavy atom. The van der Waals surface area contributed by atoms with Gasteiger partial charge in [-0.1, -0.05) is 6.07 Å². The maximum atomic E-state index is 8.57. The third kappa shape index (κ3) is 1.95. The van der Waals surface area contributed by atoms with Crippen LogP contribution in [0.4, 0.5) is 5.69 Å². The Balaban J connectivity index is 2.86.